The van der Waals surface area contributed by atoms with Gasteiger partial charge in [-0.3, -0.25) is 4.79 Å². The van der Waals surface area contributed by atoms with Crippen molar-refractivity contribution in [1.29, 1.82) is 0 Å². The summed E-state index contributed by atoms with van der Waals surface area (Å²) in [6.07, 6.45) is 2.97. The molecular weight excluding hydrogens is 369 g/mol. The van der Waals surface area contributed by atoms with Gasteiger partial charge in [0.15, 0.2) is 0 Å². The largest absolute Gasteiger partial charge is 0.340 e. The van der Waals surface area contributed by atoms with E-state index in [2.05, 4.69) is 9.97 Å². The summed E-state index contributed by atoms with van der Waals surface area (Å²) >= 11 is 12.2. The second-order valence-corrected chi connectivity index (χ2v) is 7.46. The molecule has 2 aromatic carbocycles. The van der Waals surface area contributed by atoms with E-state index in [0.717, 1.165) is 41.8 Å². The number of nitrogens with one attached hydrogen (secondary N) is 1. The number of hydrogen-bond donors (Lipinski definition) is 1. The summed E-state index contributed by atoms with van der Waals surface area (Å²) in [7, 11) is 0. The standard InChI is InChI=1S/C20H19Cl2N3O/c21-14-9-7-13(15(22)12-14)8-10-19(26)25-11-3-6-18(25)20-23-16-4-1-2-5-17(16)24-20/h1-2,4-5,7,9,12,18H,3,6,8,10-11H2,(H,23,24). The topological polar surface area (TPSA) is 49.0 Å². The molecular formula is C20H19Cl2N3O. The zero-order chi connectivity index (χ0) is 18.1. The van der Waals surface area contributed by atoms with Gasteiger partial charge in [0.2, 0.25) is 5.91 Å². The van der Waals surface area contributed by atoms with Crippen molar-refractivity contribution >= 4 is 40.1 Å². The zero-order valence-electron chi connectivity index (χ0n) is 14.2. The Morgan fingerprint density at radius 3 is 2.88 bits per heavy atom. The Hall–Kier alpha value is -2.04. The van der Waals surface area contributed by atoms with Crippen LogP contribution in [0.5, 0.6) is 0 Å². The van der Waals surface area contributed by atoms with E-state index < -0.39 is 0 Å². The van der Waals surface area contributed by atoms with Gasteiger partial charge in [-0.25, -0.2) is 4.98 Å². The molecule has 4 rings (SSSR count). The molecule has 0 spiro atoms. The zero-order valence-corrected chi connectivity index (χ0v) is 15.7. The molecule has 1 fully saturated rings. The van der Waals surface area contributed by atoms with Gasteiger partial charge in [0.05, 0.1) is 17.1 Å². The maximum Gasteiger partial charge on any atom is 0.223 e. The number of likely N-dealkylation sites (tertiary alicyclic amines) is 1. The Balaban J connectivity index is 1.48. The maximum atomic E-state index is 12.8. The number of H-pyrrole nitrogens is 1. The van der Waals surface area contributed by atoms with Crippen LogP contribution in [0.1, 0.15) is 36.7 Å². The first-order valence-corrected chi connectivity index (χ1v) is 9.55. The summed E-state index contributed by atoms with van der Waals surface area (Å²) in [4.78, 5) is 22.8. The van der Waals surface area contributed by atoms with Gasteiger partial charge in [-0.05, 0) is 49.1 Å². The number of fused-ring (bicyclic) bond motifs is 1. The van der Waals surface area contributed by atoms with Gasteiger partial charge in [0.1, 0.15) is 5.82 Å². The fourth-order valence-electron chi connectivity index (χ4n) is 3.59. The highest BCUT2D eigenvalue weighted by Crippen LogP contribution is 2.32. The summed E-state index contributed by atoms with van der Waals surface area (Å²) < 4.78 is 0. The number of imidazole rings is 1. The lowest BCUT2D eigenvalue weighted by Gasteiger charge is -2.23. The Morgan fingerprint density at radius 2 is 2.08 bits per heavy atom. The van der Waals surface area contributed by atoms with Crippen molar-refractivity contribution in [2.75, 3.05) is 6.54 Å². The lowest BCUT2D eigenvalue weighted by molar-refractivity contribution is -0.132. The molecule has 0 saturated carbocycles. The summed E-state index contributed by atoms with van der Waals surface area (Å²) in [5, 5.41) is 1.22. The molecule has 1 amide bonds. The molecule has 2 heterocycles. The normalized spacial score (nSPS) is 17.2. The second-order valence-electron chi connectivity index (χ2n) is 6.62. The predicted molar refractivity (Wildman–Crippen MR) is 105 cm³/mol. The molecule has 3 aromatic rings. The Morgan fingerprint density at radius 1 is 1.23 bits per heavy atom. The molecule has 4 nitrogen and oxygen atoms in total. The van der Waals surface area contributed by atoms with Crippen LogP contribution in [0.3, 0.4) is 0 Å². The van der Waals surface area contributed by atoms with Gasteiger partial charge in [0, 0.05) is 23.0 Å². The minimum atomic E-state index is 0.0237. The second kappa shape index (κ2) is 7.29. The number of aromatic nitrogens is 2. The first kappa shape index (κ1) is 17.4. The monoisotopic (exact) mass is 387 g/mol. The van der Waals surface area contributed by atoms with E-state index in [9.17, 15) is 4.79 Å². The van der Waals surface area contributed by atoms with Gasteiger partial charge in [-0.2, -0.15) is 0 Å². The number of carbonyl (C=O) groups is 1. The maximum absolute atomic E-state index is 12.8. The minimum absolute atomic E-state index is 0.0237. The molecule has 134 valence electrons. The number of hydrogen-bond acceptors (Lipinski definition) is 2. The molecule has 1 aliphatic rings. The van der Waals surface area contributed by atoms with Crippen LogP contribution in [0.25, 0.3) is 11.0 Å². The number of aromatic amines is 1. The average molecular weight is 388 g/mol. The van der Waals surface area contributed by atoms with Gasteiger partial charge in [0.25, 0.3) is 0 Å². The Bertz CT molecular complexity index is 920. The molecule has 1 aliphatic heterocycles. The summed E-state index contributed by atoms with van der Waals surface area (Å²) in [6, 6.07) is 13.4. The fraction of sp³-hybridized carbons (Fsp3) is 0.300. The molecule has 0 bridgehead atoms. The third-order valence-corrected chi connectivity index (χ3v) is 5.51. The number of nitrogens with zero attached hydrogens (tertiary/aromatic N) is 2. The van der Waals surface area contributed by atoms with E-state index in [1.54, 1.807) is 12.1 Å². The van der Waals surface area contributed by atoms with Crippen LogP contribution in [0, 0.1) is 0 Å². The van der Waals surface area contributed by atoms with Crippen molar-refractivity contribution in [1.82, 2.24) is 14.9 Å². The van der Waals surface area contributed by atoms with Crippen molar-refractivity contribution in [2.24, 2.45) is 0 Å². The molecule has 1 aromatic heterocycles. The lowest BCUT2D eigenvalue weighted by atomic mass is 10.1. The Labute approximate surface area is 162 Å². The van der Waals surface area contributed by atoms with Gasteiger partial charge < -0.3 is 9.88 Å². The molecule has 1 atom stereocenters. The predicted octanol–water partition coefficient (Wildman–Crippen LogP) is 5.17. The molecule has 0 radical (unpaired) electrons. The highest BCUT2D eigenvalue weighted by molar-refractivity contribution is 6.35. The van der Waals surface area contributed by atoms with E-state index in [1.165, 1.54) is 0 Å². The third-order valence-electron chi connectivity index (χ3n) is 4.92. The quantitative estimate of drug-likeness (QED) is 0.671. The first-order chi connectivity index (χ1) is 12.6. The van der Waals surface area contributed by atoms with Crippen molar-refractivity contribution < 1.29 is 4.79 Å². The molecule has 26 heavy (non-hydrogen) atoms. The number of amides is 1. The van der Waals surface area contributed by atoms with Crippen molar-refractivity contribution in [3.05, 3.63) is 63.9 Å². The van der Waals surface area contributed by atoms with Crippen LogP contribution >= 0.6 is 23.2 Å². The van der Waals surface area contributed by atoms with Crippen LogP contribution in [0.2, 0.25) is 10.0 Å². The minimum Gasteiger partial charge on any atom is -0.340 e. The van der Waals surface area contributed by atoms with E-state index in [1.807, 2.05) is 35.2 Å². The van der Waals surface area contributed by atoms with Crippen LogP contribution in [-0.4, -0.2) is 27.3 Å². The summed E-state index contributed by atoms with van der Waals surface area (Å²) in [6.45, 7) is 0.773. The molecule has 0 aliphatic carbocycles. The molecule has 1 unspecified atom stereocenters. The number of halogens is 2. The smallest absolute Gasteiger partial charge is 0.223 e. The van der Waals surface area contributed by atoms with E-state index in [4.69, 9.17) is 23.2 Å². The average Bonchev–Trinajstić information content (AvgIpc) is 3.27. The molecule has 1 N–H and O–H groups in total. The first-order valence-electron chi connectivity index (χ1n) is 8.80. The van der Waals surface area contributed by atoms with Gasteiger partial charge in [-0.15, -0.1) is 0 Å². The summed E-state index contributed by atoms with van der Waals surface area (Å²) in [5.41, 5.74) is 2.90. The molecule has 1 saturated heterocycles. The van der Waals surface area contributed by atoms with Crippen molar-refractivity contribution in [3.63, 3.8) is 0 Å². The SMILES string of the molecule is O=C(CCc1ccc(Cl)cc1Cl)N1CCCC1c1nc2ccccc2[nH]1. The van der Waals surface area contributed by atoms with Crippen LogP contribution in [0.15, 0.2) is 42.5 Å². The molecule has 6 heteroatoms. The van der Waals surface area contributed by atoms with Gasteiger partial charge >= 0.3 is 0 Å². The van der Waals surface area contributed by atoms with Crippen LogP contribution < -0.4 is 0 Å². The van der Waals surface area contributed by atoms with E-state index in [0.29, 0.717) is 22.9 Å². The summed E-state index contributed by atoms with van der Waals surface area (Å²) in [5.74, 6) is 1.01. The lowest BCUT2D eigenvalue weighted by Crippen LogP contribution is -2.31. The number of benzene rings is 2. The van der Waals surface area contributed by atoms with Gasteiger partial charge in [-0.1, -0.05) is 41.4 Å². The fourth-order valence-corrected chi connectivity index (χ4v) is 4.09. The third kappa shape index (κ3) is 3.44. The number of carbonyl (C=O) groups excluding carboxylic acids is 1. The van der Waals surface area contributed by atoms with Crippen LogP contribution in [0.4, 0.5) is 0 Å². The number of aryl methyl sites for hydroxylation is 1. The van der Waals surface area contributed by atoms with E-state index in [-0.39, 0.29) is 11.9 Å². The van der Waals surface area contributed by atoms with Crippen molar-refractivity contribution in [3.8, 4) is 0 Å². The number of para-hydroxylation sites is 2. The van der Waals surface area contributed by atoms with Crippen molar-refractivity contribution in [2.45, 2.75) is 31.7 Å². The van der Waals surface area contributed by atoms with Crippen LogP contribution in [-0.2, 0) is 11.2 Å². The Kier molecular flexibility index (Phi) is 4.88. The number of rotatable bonds is 4. The highest BCUT2D eigenvalue weighted by Gasteiger charge is 2.31. The highest BCUT2D eigenvalue weighted by atomic mass is 35.5. The van der Waals surface area contributed by atoms with E-state index >= 15 is 0 Å².